The Morgan fingerprint density at radius 2 is 1.90 bits per heavy atom. The molecule has 0 unspecified atom stereocenters. The molecule has 2 aromatic carbocycles. The number of nitrogens with two attached hydrogens (primary N) is 1. The van der Waals surface area contributed by atoms with Crippen LogP contribution in [0.25, 0.3) is 0 Å². The van der Waals surface area contributed by atoms with Crippen LogP contribution in [0.4, 0.5) is 5.69 Å². The zero-order valence-electron chi connectivity index (χ0n) is 11.2. The highest BCUT2D eigenvalue weighted by Gasteiger charge is 2.13. The van der Waals surface area contributed by atoms with E-state index in [1.165, 1.54) is 36.4 Å². The summed E-state index contributed by atoms with van der Waals surface area (Å²) in [7, 11) is -3.84. The van der Waals surface area contributed by atoms with Crippen LogP contribution in [0.2, 0.25) is 0 Å². The molecule has 0 radical (unpaired) electrons. The number of carbonyl (C=O) groups excluding carboxylic acids is 1. The summed E-state index contributed by atoms with van der Waals surface area (Å²) in [5.74, 6) is -0.488. The van der Waals surface area contributed by atoms with Crippen molar-refractivity contribution in [2.24, 2.45) is 5.14 Å². The zero-order chi connectivity index (χ0) is 15.6. The van der Waals surface area contributed by atoms with Crippen molar-refractivity contribution in [3.05, 3.63) is 53.6 Å². The number of anilines is 1. The van der Waals surface area contributed by atoms with Crippen LogP contribution in [0, 0.1) is 6.92 Å². The Bertz CT molecular complexity index is 800. The first-order valence-corrected chi connectivity index (χ1v) is 7.56. The van der Waals surface area contributed by atoms with Crippen molar-refractivity contribution < 1.29 is 18.3 Å². The van der Waals surface area contributed by atoms with Crippen molar-refractivity contribution in [1.29, 1.82) is 0 Å². The van der Waals surface area contributed by atoms with Crippen molar-refractivity contribution >= 4 is 21.6 Å². The van der Waals surface area contributed by atoms with Gasteiger partial charge in [-0.15, -0.1) is 0 Å². The zero-order valence-corrected chi connectivity index (χ0v) is 12.0. The van der Waals surface area contributed by atoms with Crippen LogP contribution in [-0.4, -0.2) is 19.4 Å². The smallest absolute Gasteiger partial charge is 0.255 e. The highest BCUT2D eigenvalue weighted by atomic mass is 32.2. The topological polar surface area (TPSA) is 109 Å². The summed E-state index contributed by atoms with van der Waals surface area (Å²) >= 11 is 0. The minimum absolute atomic E-state index is 0.0299. The standard InChI is InChI=1S/C14H14N2O4S/c1-9-5-6-12(21(15,19)20)8-13(9)16-14(18)10-3-2-4-11(17)7-10/h2-8,17H,1H3,(H,16,18)(H2,15,19,20). The number of aromatic hydroxyl groups is 1. The first-order chi connectivity index (χ1) is 9.77. The van der Waals surface area contributed by atoms with E-state index in [2.05, 4.69) is 5.32 Å². The summed E-state index contributed by atoms with van der Waals surface area (Å²) in [6, 6.07) is 10.1. The van der Waals surface area contributed by atoms with E-state index < -0.39 is 15.9 Å². The molecule has 4 N–H and O–H groups in total. The van der Waals surface area contributed by atoms with Gasteiger partial charge in [0.15, 0.2) is 0 Å². The number of phenolic OH excluding ortho intramolecular Hbond substituents is 1. The number of rotatable bonds is 3. The molecule has 0 aliphatic carbocycles. The van der Waals surface area contributed by atoms with Gasteiger partial charge in [0.1, 0.15) is 5.75 Å². The molecule has 2 aromatic rings. The number of amides is 1. The normalized spacial score (nSPS) is 11.1. The largest absolute Gasteiger partial charge is 0.508 e. The average molecular weight is 306 g/mol. The summed E-state index contributed by atoms with van der Waals surface area (Å²) in [6.07, 6.45) is 0. The van der Waals surface area contributed by atoms with E-state index in [0.717, 1.165) is 0 Å². The predicted molar refractivity (Wildman–Crippen MR) is 78.6 cm³/mol. The number of benzene rings is 2. The van der Waals surface area contributed by atoms with Gasteiger partial charge in [0.25, 0.3) is 5.91 Å². The van der Waals surface area contributed by atoms with E-state index in [1.54, 1.807) is 13.0 Å². The molecule has 0 aromatic heterocycles. The number of aryl methyl sites for hydroxylation is 1. The van der Waals surface area contributed by atoms with E-state index in [9.17, 15) is 18.3 Å². The van der Waals surface area contributed by atoms with Crippen molar-refractivity contribution in [2.75, 3.05) is 5.32 Å². The lowest BCUT2D eigenvalue weighted by molar-refractivity contribution is 0.102. The van der Waals surface area contributed by atoms with E-state index >= 15 is 0 Å². The van der Waals surface area contributed by atoms with E-state index in [4.69, 9.17) is 5.14 Å². The molecule has 0 aliphatic heterocycles. The Labute approximate surface area is 122 Å². The van der Waals surface area contributed by atoms with Gasteiger partial charge in [0.2, 0.25) is 10.0 Å². The molecular formula is C14H14N2O4S. The van der Waals surface area contributed by atoms with Crippen molar-refractivity contribution in [3.63, 3.8) is 0 Å². The summed E-state index contributed by atoms with van der Waals surface area (Å²) in [6.45, 7) is 1.73. The van der Waals surface area contributed by atoms with Crippen molar-refractivity contribution in [3.8, 4) is 5.75 Å². The Hall–Kier alpha value is -2.38. The van der Waals surface area contributed by atoms with Gasteiger partial charge < -0.3 is 10.4 Å². The monoisotopic (exact) mass is 306 g/mol. The van der Waals surface area contributed by atoms with Crippen LogP contribution in [0.15, 0.2) is 47.4 Å². The third-order valence-electron chi connectivity index (χ3n) is 2.89. The fourth-order valence-corrected chi connectivity index (χ4v) is 2.29. The van der Waals surface area contributed by atoms with Gasteiger partial charge in [0, 0.05) is 11.3 Å². The third kappa shape index (κ3) is 3.59. The van der Waals surface area contributed by atoms with Crippen LogP contribution in [0.1, 0.15) is 15.9 Å². The number of hydrogen-bond donors (Lipinski definition) is 3. The van der Waals surface area contributed by atoms with Crippen LogP contribution < -0.4 is 10.5 Å². The number of sulfonamides is 1. The van der Waals surface area contributed by atoms with Crippen molar-refractivity contribution in [2.45, 2.75) is 11.8 Å². The predicted octanol–water partition coefficient (Wildman–Crippen LogP) is 1.60. The highest BCUT2D eigenvalue weighted by molar-refractivity contribution is 7.89. The maximum Gasteiger partial charge on any atom is 0.255 e. The molecule has 6 nitrogen and oxygen atoms in total. The molecule has 0 atom stereocenters. The second kappa shape index (κ2) is 5.55. The number of phenols is 1. The molecule has 2 rings (SSSR count). The van der Waals surface area contributed by atoms with Crippen LogP contribution in [-0.2, 0) is 10.0 Å². The number of nitrogens with one attached hydrogen (secondary N) is 1. The van der Waals surface area contributed by atoms with Gasteiger partial charge in [-0.3, -0.25) is 4.79 Å². The fourth-order valence-electron chi connectivity index (χ4n) is 1.75. The van der Waals surface area contributed by atoms with E-state index in [1.807, 2.05) is 0 Å². The van der Waals surface area contributed by atoms with Gasteiger partial charge in [-0.25, -0.2) is 13.6 Å². The Balaban J connectivity index is 2.33. The number of primary sulfonamides is 1. The molecule has 0 aliphatic rings. The van der Waals surface area contributed by atoms with Gasteiger partial charge in [-0.2, -0.15) is 0 Å². The molecular weight excluding hydrogens is 292 g/mol. The molecule has 0 bridgehead atoms. The molecule has 1 amide bonds. The second-order valence-electron chi connectivity index (χ2n) is 4.53. The third-order valence-corrected chi connectivity index (χ3v) is 3.81. The molecule has 110 valence electrons. The van der Waals surface area contributed by atoms with Gasteiger partial charge in [-0.1, -0.05) is 12.1 Å². The molecule has 0 spiro atoms. The molecule has 0 saturated heterocycles. The van der Waals surface area contributed by atoms with Crippen LogP contribution in [0.3, 0.4) is 0 Å². The Morgan fingerprint density at radius 3 is 2.52 bits per heavy atom. The molecule has 0 heterocycles. The lowest BCUT2D eigenvalue weighted by Gasteiger charge is -2.10. The van der Waals surface area contributed by atoms with Crippen LogP contribution >= 0.6 is 0 Å². The lowest BCUT2D eigenvalue weighted by atomic mass is 10.1. The van der Waals surface area contributed by atoms with E-state index in [0.29, 0.717) is 11.3 Å². The quantitative estimate of drug-likeness (QED) is 0.800. The maximum atomic E-state index is 12.1. The Kier molecular flexibility index (Phi) is 3.97. The molecule has 7 heteroatoms. The first-order valence-electron chi connectivity index (χ1n) is 6.01. The maximum absolute atomic E-state index is 12.1. The Morgan fingerprint density at radius 1 is 1.19 bits per heavy atom. The van der Waals surface area contributed by atoms with Crippen LogP contribution in [0.5, 0.6) is 5.75 Å². The van der Waals surface area contributed by atoms with Gasteiger partial charge in [0.05, 0.1) is 4.90 Å². The summed E-state index contributed by atoms with van der Waals surface area (Å²) in [5.41, 5.74) is 1.29. The fraction of sp³-hybridized carbons (Fsp3) is 0.0714. The van der Waals surface area contributed by atoms with Gasteiger partial charge >= 0.3 is 0 Å². The summed E-state index contributed by atoms with van der Waals surface area (Å²) in [4.78, 5) is 12.0. The first kappa shape index (κ1) is 15.0. The SMILES string of the molecule is Cc1ccc(S(N)(=O)=O)cc1NC(=O)c1cccc(O)c1. The minimum atomic E-state index is -3.84. The average Bonchev–Trinajstić information content (AvgIpc) is 2.40. The molecule has 0 fully saturated rings. The minimum Gasteiger partial charge on any atom is -0.508 e. The lowest BCUT2D eigenvalue weighted by Crippen LogP contribution is -2.15. The van der Waals surface area contributed by atoms with Gasteiger partial charge in [-0.05, 0) is 42.8 Å². The number of hydrogen-bond acceptors (Lipinski definition) is 4. The molecule has 0 saturated carbocycles. The van der Waals surface area contributed by atoms with E-state index in [-0.39, 0.29) is 16.2 Å². The number of carbonyl (C=O) groups is 1. The van der Waals surface area contributed by atoms with Crippen molar-refractivity contribution in [1.82, 2.24) is 0 Å². The summed E-state index contributed by atoms with van der Waals surface area (Å²) in [5, 5.41) is 17.0. The molecule has 21 heavy (non-hydrogen) atoms. The summed E-state index contributed by atoms with van der Waals surface area (Å²) < 4.78 is 22.7. The highest BCUT2D eigenvalue weighted by Crippen LogP contribution is 2.21. The second-order valence-corrected chi connectivity index (χ2v) is 6.09.